The first-order valence-electron chi connectivity index (χ1n) is 21.4. The Kier molecular flexibility index (Phi) is 38.8. The summed E-state index contributed by atoms with van der Waals surface area (Å²) in [5.74, 6) is 0.416. The van der Waals surface area contributed by atoms with Gasteiger partial charge in [-0.05, 0) is 88.9 Å². The first kappa shape index (κ1) is 48.3. The molecule has 0 aromatic rings. The van der Waals surface area contributed by atoms with Gasteiger partial charge in [-0.25, -0.2) is 0 Å². The monoisotopic (exact) mass is 707 g/mol. The minimum absolute atomic E-state index is 0.0927. The maximum absolute atomic E-state index is 12.0. The summed E-state index contributed by atoms with van der Waals surface area (Å²) in [6, 6.07) is 0. The zero-order chi connectivity index (χ0) is 36.6. The molecular weight excluding hydrogens is 624 g/mol. The zero-order valence-electron chi connectivity index (χ0n) is 33.0. The van der Waals surface area contributed by atoms with Gasteiger partial charge in [0.2, 0.25) is 0 Å². The number of unbranched alkanes of at least 4 members (excludes halogenated alkanes) is 21. The van der Waals surface area contributed by atoms with E-state index in [2.05, 4.69) is 38.2 Å². The van der Waals surface area contributed by atoms with Gasteiger partial charge in [-0.2, -0.15) is 0 Å². The van der Waals surface area contributed by atoms with Crippen LogP contribution >= 0.6 is 0 Å². The highest BCUT2D eigenvalue weighted by molar-refractivity contribution is 5.69. The molecule has 6 heteroatoms. The lowest BCUT2D eigenvalue weighted by Gasteiger charge is -2.09. The average Bonchev–Trinajstić information content (AvgIpc) is 3.12. The molecule has 0 heterocycles. The summed E-state index contributed by atoms with van der Waals surface area (Å²) in [5.41, 5.74) is 0. The Morgan fingerprint density at radius 1 is 0.460 bits per heavy atom. The second-order valence-corrected chi connectivity index (χ2v) is 14.6. The number of aliphatic hydroxyl groups excluding tert-OH is 2. The van der Waals surface area contributed by atoms with E-state index in [1.54, 1.807) is 0 Å². The highest BCUT2D eigenvalue weighted by atomic mass is 16.5. The van der Waals surface area contributed by atoms with Gasteiger partial charge in [-0.3, -0.25) is 9.59 Å². The minimum Gasteiger partial charge on any atom is -0.466 e. The van der Waals surface area contributed by atoms with Crippen molar-refractivity contribution >= 4 is 11.9 Å². The third kappa shape index (κ3) is 36.1. The molecule has 0 aromatic heterocycles. The van der Waals surface area contributed by atoms with Crippen LogP contribution in [0.4, 0.5) is 0 Å². The Balaban J connectivity index is 3.52. The fourth-order valence-corrected chi connectivity index (χ4v) is 6.29. The highest BCUT2D eigenvalue weighted by Gasteiger charge is 2.06. The summed E-state index contributed by atoms with van der Waals surface area (Å²) in [4.78, 5) is 24.0. The highest BCUT2D eigenvalue weighted by Crippen LogP contribution is 2.16. The van der Waals surface area contributed by atoms with Crippen LogP contribution in [-0.4, -0.2) is 48.6 Å². The Morgan fingerprint density at radius 2 is 0.800 bits per heavy atom. The molecule has 2 N–H and O–H groups in total. The van der Waals surface area contributed by atoms with Gasteiger partial charge in [0.15, 0.2) is 0 Å². The number of esters is 2. The smallest absolute Gasteiger partial charge is 0.305 e. The number of ether oxygens (including phenoxy) is 2. The maximum Gasteiger partial charge on any atom is 0.305 e. The van der Waals surface area contributed by atoms with Gasteiger partial charge in [0.1, 0.15) is 0 Å². The van der Waals surface area contributed by atoms with E-state index < -0.39 is 0 Å². The van der Waals surface area contributed by atoms with Crippen LogP contribution in [0.3, 0.4) is 0 Å². The molecule has 294 valence electrons. The maximum atomic E-state index is 12.0. The predicted molar refractivity (Wildman–Crippen MR) is 211 cm³/mol. The summed E-state index contributed by atoms with van der Waals surface area (Å²) >= 11 is 0. The normalized spacial score (nSPS) is 13.0. The van der Waals surface area contributed by atoms with E-state index in [1.807, 2.05) is 0 Å². The molecule has 2 unspecified atom stereocenters. The zero-order valence-corrected chi connectivity index (χ0v) is 33.0. The number of rotatable bonds is 39. The van der Waals surface area contributed by atoms with E-state index in [4.69, 9.17) is 9.47 Å². The summed E-state index contributed by atoms with van der Waals surface area (Å²) in [6.45, 7) is 5.93. The van der Waals surface area contributed by atoms with E-state index in [9.17, 15) is 19.8 Å². The van der Waals surface area contributed by atoms with Crippen LogP contribution in [0.25, 0.3) is 0 Å². The van der Waals surface area contributed by atoms with E-state index in [-0.39, 0.29) is 25.2 Å². The minimum atomic E-state index is -0.0927. The van der Waals surface area contributed by atoms with Crippen LogP contribution in [0, 0.1) is 11.8 Å². The van der Waals surface area contributed by atoms with Crippen LogP contribution in [0.5, 0.6) is 0 Å². The molecule has 0 aliphatic heterocycles. The molecule has 0 fully saturated rings. The second-order valence-electron chi connectivity index (χ2n) is 14.6. The molecule has 0 radical (unpaired) electrons. The van der Waals surface area contributed by atoms with Crippen molar-refractivity contribution in [1.82, 2.24) is 0 Å². The summed E-state index contributed by atoms with van der Waals surface area (Å²) in [6.07, 6.45) is 41.6. The second kappa shape index (κ2) is 40.1. The molecule has 0 bridgehead atoms. The Bertz CT molecular complexity index is 714. The van der Waals surface area contributed by atoms with Crippen molar-refractivity contribution in [3.05, 3.63) is 24.3 Å². The SMILES string of the molecule is CCCCCCCCC(/C=C/CCCCCCC(=O)OCCCCCCOC(=O)CCCCCC/C=C/C(CO)CCCCCCCC)CO. The largest absolute Gasteiger partial charge is 0.466 e. The van der Waals surface area contributed by atoms with E-state index in [0.717, 1.165) is 103 Å². The van der Waals surface area contributed by atoms with Gasteiger partial charge in [-0.15, -0.1) is 0 Å². The van der Waals surface area contributed by atoms with Gasteiger partial charge < -0.3 is 19.7 Å². The molecule has 0 aliphatic rings. The molecular formula is C44H82O6. The lowest BCUT2D eigenvalue weighted by Crippen LogP contribution is -2.07. The first-order valence-corrected chi connectivity index (χ1v) is 21.4. The standard InChI is InChI=1S/C44H82O6/c1-3-5-7-9-15-23-31-41(39-45)33-25-17-11-13-19-27-35-43(47)49-37-29-21-22-30-38-50-44(48)36-28-20-14-12-18-26-34-42(40-46)32-24-16-10-8-6-4-2/h25-26,33-34,41-42,45-46H,3-24,27-32,35-40H2,1-2H3/b33-25+,34-26+. The number of hydrogen-bond acceptors (Lipinski definition) is 6. The molecule has 0 aromatic carbocycles. The number of aliphatic hydroxyl groups is 2. The fourth-order valence-electron chi connectivity index (χ4n) is 6.29. The van der Waals surface area contributed by atoms with Gasteiger partial charge in [-0.1, -0.05) is 141 Å². The van der Waals surface area contributed by atoms with Crippen LogP contribution in [0.15, 0.2) is 24.3 Å². The Hall–Kier alpha value is -1.66. The van der Waals surface area contributed by atoms with E-state index in [1.165, 1.54) is 77.0 Å². The van der Waals surface area contributed by atoms with Gasteiger partial charge in [0.25, 0.3) is 0 Å². The third-order valence-corrected chi connectivity index (χ3v) is 9.71. The Labute approximate surface area is 309 Å². The molecule has 50 heavy (non-hydrogen) atoms. The molecule has 0 rings (SSSR count). The molecule has 0 saturated heterocycles. The van der Waals surface area contributed by atoms with Crippen LogP contribution in [-0.2, 0) is 19.1 Å². The van der Waals surface area contributed by atoms with Crippen molar-refractivity contribution < 1.29 is 29.3 Å². The fraction of sp³-hybridized carbons (Fsp3) is 0.864. The Morgan fingerprint density at radius 3 is 1.20 bits per heavy atom. The van der Waals surface area contributed by atoms with Crippen LogP contribution in [0.2, 0.25) is 0 Å². The molecule has 0 aliphatic carbocycles. The van der Waals surface area contributed by atoms with Crippen molar-refractivity contribution in [3.8, 4) is 0 Å². The van der Waals surface area contributed by atoms with E-state index >= 15 is 0 Å². The molecule has 2 atom stereocenters. The van der Waals surface area contributed by atoms with Crippen molar-refractivity contribution in [3.63, 3.8) is 0 Å². The summed E-state index contributed by atoms with van der Waals surface area (Å²) in [7, 11) is 0. The summed E-state index contributed by atoms with van der Waals surface area (Å²) in [5, 5.41) is 19.2. The number of allylic oxidation sites excluding steroid dienone is 2. The van der Waals surface area contributed by atoms with Crippen molar-refractivity contribution in [2.45, 2.75) is 206 Å². The number of hydrogen-bond donors (Lipinski definition) is 2. The number of carbonyl (C=O) groups is 2. The van der Waals surface area contributed by atoms with Crippen molar-refractivity contribution in [2.75, 3.05) is 26.4 Å². The molecule has 6 nitrogen and oxygen atoms in total. The molecule has 0 spiro atoms. The lowest BCUT2D eigenvalue weighted by atomic mass is 9.99. The predicted octanol–water partition coefficient (Wildman–Crippen LogP) is 12.1. The van der Waals surface area contributed by atoms with Crippen LogP contribution < -0.4 is 0 Å². The van der Waals surface area contributed by atoms with Crippen molar-refractivity contribution in [2.24, 2.45) is 11.8 Å². The van der Waals surface area contributed by atoms with Gasteiger partial charge in [0.05, 0.1) is 13.2 Å². The first-order chi connectivity index (χ1) is 24.6. The third-order valence-electron chi connectivity index (χ3n) is 9.71. The van der Waals surface area contributed by atoms with Crippen LogP contribution in [0.1, 0.15) is 206 Å². The molecule has 0 saturated carbocycles. The van der Waals surface area contributed by atoms with Gasteiger partial charge in [0, 0.05) is 26.1 Å². The topological polar surface area (TPSA) is 93.1 Å². The van der Waals surface area contributed by atoms with E-state index in [0.29, 0.717) is 37.9 Å². The average molecular weight is 707 g/mol. The summed E-state index contributed by atoms with van der Waals surface area (Å²) < 4.78 is 10.8. The quantitative estimate of drug-likeness (QED) is 0.0375. The lowest BCUT2D eigenvalue weighted by molar-refractivity contribution is -0.145. The molecule has 0 amide bonds. The van der Waals surface area contributed by atoms with Gasteiger partial charge >= 0.3 is 11.9 Å². The van der Waals surface area contributed by atoms with Crippen molar-refractivity contribution in [1.29, 1.82) is 0 Å². The number of carbonyl (C=O) groups excluding carboxylic acids is 2.